The number of hydrogen-bond acceptors (Lipinski definition) is 5. The molecule has 6 nitrogen and oxygen atoms in total. The Bertz CT molecular complexity index is 623. The number of amides is 1. The molecular weight excluding hydrogens is 363 g/mol. The van der Waals surface area contributed by atoms with Crippen molar-refractivity contribution in [3.8, 4) is 5.75 Å². The predicted molar refractivity (Wildman–Crippen MR) is 95.6 cm³/mol. The molecule has 0 aliphatic heterocycles. The van der Waals surface area contributed by atoms with Crippen molar-refractivity contribution in [1.29, 1.82) is 0 Å². The van der Waals surface area contributed by atoms with E-state index in [-0.39, 0.29) is 36.6 Å². The van der Waals surface area contributed by atoms with Crippen LogP contribution in [0.2, 0.25) is 5.02 Å². The largest absolute Gasteiger partial charge is 0.490 e. The van der Waals surface area contributed by atoms with Crippen LogP contribution in [0.3, 0.4) is 0 Å². The van der Waals surface area contributed by atoms with Crippen LogP contribution in [-0.2, 0) is 14.6 Å². The van der Waals surface area contributed by atoms with Crippen molar-refractivity contribution in [2.45, 2.75) is 6.92 Å². The van der Waals surface area contributed by atoms with Crippen LogP contribution in [-0.4, -0.2) is 46.5 Å². The molecule has 0 spiro atoms. The molecule has 0 aromatic heterocycles. The Labute approximate surface area is 148 Å². The first-order valence-electron chi connectivity index (χ1n) is 6.78. The summed E-state index contributed by atoms with van der Waals surface area (Å²) < 4.78 is 27.7. The van der Waals surface area contributed by atoms with Crippen LogP contribution in [0.4, 0.5) is 5.69 Å². The first kappa shape index (κ1) is 22.0. The van der Waals surface area contributed by atoms with Crippen molar-refractivity contribution in [3.63, 3.8) is 0 Å². The number of carbonyl (C=O) groups is 1. The molecule has 0 saturated heterocycles. The van der Waals surface area contributed by atoms with Crippen LogP contribution in [0, 0.1) is 5.92 Å². The summed E-state index contributed by atoms with van der Waals surface area (Å²) in [5.74, 6) is -0.116. The Morgan fingerprint density at radius 1 is 1.39 bits per heavy atom. The van der Waals surface area contributed by atoms with E-state index in [2.05, 4.69) is 10.6 Å². The summed E-state index contributed by atoms with van der Waals surface area (Å²) in [6, 6.07) is 4.79. The average Bonchev–Trinajstić information content (AvgIpc) is 2.40. The van der Waals surface area contributed by atoms with Gasteiger partial charge in [0.15, 0.2) is 9.84 Å². The highest BCUT2D eigenvalue weighted by molar-refractivity contribution is 7.90. The summed E-state index contributed by atoms with van der Waals surface area (Å²) in [4.78, 5) is 12.1. The van der Waals surface area contributed by atoms with Gasteiger partial charge >= 0.3 is 0 Å². The SMILES string of the molecule is CNCC(C)C(=O)Nc1cc(Cl)ccc1OCCS(C)(=O)=O.Cl. The van der Waals surface area contributed by atoms with Gasteiger partial charge in [-0.2, -0.15) is 0 Å². The van der Waals surface area contributed by atoms with Gasteiger partial charge in [0.05, 0.1) is 11.4 Å². The maximum atomic E-state index is 12.1. The molecule has 1 amide bonds. The fourth-order valence-electron chi connectivity index (χ4n) is 1.68. The molecule has 1 aromatic carbocycles. The van der Waals surface area contributed by atoms with E-state index >= 15 is 0 Å². The lowest BCUT2D eigenvalue weighted by Gasteiger charge is -2.15. The molecule has 0 aliphatic rings. The number of benzene rings is 1. The minimum Gasteiger partial charge on any atom is -0.490 e. The molecule has 132 valence electrons. The molecule has 1 aromatic rings. The first-order valence-corrected chi connectivity index (χ1v) is 9.22. The summed E-state index contributed by atoms with van der Waals surface area (Å²) in [5, 5.41) is 6.12. The van der Waals surface area contributed by atoms with Crippen molar-refractivity contribution in [1.82, 2.24) is 5.32 Å². The predicted octanol–water partition coefficient (Wildman–Crippen LogP) is 1.98. The molecule has 1 rings (SSSR count). The quantitative estimate of drug-likeness (QED) is 0.715. The Morgan fingerprint density at radius 3 is 2.61 bits per heavy atom. The van der Waals surface area contributed by atoms with E-state index in [4.69, 9.17) is 16.3 Å². The van der Waals surface area contributed by atoms with Gasteiger partial charge in [-0.25, -0.2) is 8.42 Å². The first-order chi connectivity index (χ1) is 10.2. The molecule has 0 saturated carbocycles. The topological polar surface area (TPSA) is 84.5 Å². The van der Waals surface area contributed by atoms with Crippen molar-refractivity contribution >= 4 is 45.4 Å². The summed E-state index contributed by atoms with van der Waals surface area (Å²) in [6.45, 7) is 2.34. The number of carbonyl (C=O) groups excluding carboxylic acids is 1. The van der Waals surface area contributed by atoms with Gasteiger partial charge in [0.1, 0.15) is 12.4 Å². The number of nitrogens with one attached hydrogen (secondary N) is 2. The molecule has 1 atom stereocenters. The zero-order valence-corrected chi connectivity index (χ0v) is 15.6. The molecule has 0 aliphatic carbocycles. The van der Waals surface area contributed by atoms with Crippen molar-refractivity contribution in [2.75, 3.05) is 37.5 Å². The van der Waals surface area contributed by atoms with Gasteiger partial charge in [-0.05, 0) is 25.2 Å². The van der Waals surface area contributed by atoms with E-state index in [0.717, 1.165) is 6.26 Å². The van der Waals surface area contributed by atoms with Crippen LogP contribution in [0.1, 0.15) is 6.92 Å². The van der Waals surface area contributed by atoms with Gasteiger partial charge in [-0.1, -0.05) is 18.5 Å². The minimum absolute atomic E-state index is 0. The highest BCUT2D eigenvalue weighted by atomic mass is 35.5. The van der Waals surface area contributed by atoms with Gasteiger partial charge in [0.25, 0.3) is 0 Å². The molecule has 1 unspecified atom stereocenters. The van der Waals surface area contributed by atoms with Crippen molar-refractivity contribution < 1.29 is 17.9 Å². The van der Waals surface area contributed by atoms with Gasteiger partial charge in [0.2, 0.25) is 5.91 Å². The number of hydrogen-bond donors (Lipinski definition) is 2. The molecule has 0 fully saturated rings. The van der Waals surface area contributed by atoms with E-state index in [9.17, 15) is 13.2 Å². The van der Waals surface area contributed by atoms with Gasteiger partial charge in [-0.15, -0.1) is 12.4 Å². The highest BCUT2D eigenvalue weighted by Gasteiger charge is 2.15. The molecule has 0 heterocycles. The summed E-state index contributed by atoms with van der Waals surface area (Å²) in [7, 11) is -1.34. The van der Waals surface area contributed by atoms with Crippen LogP contribution in [0.25, 0.3) is 0 Å². The molecule has 23 heavy (non-hydrogen) atoms. The van der Waals surface area contributed by atoms with E-state index < -0.39 is 9.84 Å². The number of rotatable bonds is 8. The third-order valence-electron chi connectivity index (χ3n) is 2.87. The molecule has 9 heteroatoms. The Balaban J connectivity index is 0.00000484. The average molecular weight is 385 g/mol. The smallest absolute Gasteiger partial charge is 0.228 e. The van der Waals surface area contributed by atoms with E-state index in [1.807, 2.05) is 0 Å². The molecular formula is C14H22Cl2N2O4S. The second kappa shape index (κ2) is 9.97. The third kappa shape index (κ3) is 8.41. The third-order valence-corrected chi connectivity index (χ3v) is 4.01. The lowest BCUT2D eigenvalue weighted by molar-refractivity contribution is -0.119. The summed E-state index contributed by atoms with van der Waals surface area (Å²) in [5.41, 5.74) is 0.425. The van der Waals surface area contributed by atoms with Crippen LogP contribution in [0.5, 0.6) is 5.75 Å². The molecule has 0 bridgehead atoms. The fraction of sp³-hybridized carbons (Fsp3) is 0.500. The zero-order valence-electron chi connectivity index (χ0n) is 13.3. The Kier molecular flexibility index (Phi) is 9.53. The van der Waals surface area contributed by atoms with E-state index in [1.54, 1.807) is 32.2 Å². The van der Waals surface area contributed by atoms with Gasteiger partial charge < -0.3 is 15.4 Å². The van der Waals surface area contributed by atoms with Crippen molar-refractivity contribution in [2.24, 2.45) is 5.92 Å². The fourth-order valence-corrected chi connectivity index (χ4v) is 2.24. The van der Waals surface area contributed by atoms with Crippen molar-refractivity contribution in [3.05, 3.63) is 23.2 Å². The Morgan fingerprint density at radius 2 is 2.04 bits per heavy atom. The second-order valence-electron chi connectivity index (χ2n) is 5.07. The number of sulfone groups is 1. The summed E-state index contributed by atoms with van der Waals surface area (Å²) in [6.07, 6.45) is 1.14. The summed E-state index contributed by atoms with van der Waals surface area (Å²) >= 11 is 5.93. The monoisotopic (exact) mass is 384 g/mol. The zero-order chi connectivity index (χ0) is 16.8. The Hall–Kier alpha value is -1.02. The maximum absolute atomic E-state index is 12.1. The normalized spacial score (nSPS) is 12.2. The second-order valence-corrected chi connectivity index (χ2v) is 7.76. The van der Waals surface area contributed by atoms with Crippen LogP contribution >= 0.6 is 24.0 Å². The van der Waals surface area contributed by atoms with Gasteiger partial charge in [0, 0.05) is 23.7 Å². The minimum atomic E-state index is -3.11. The number of anilines is 1. The molecule has 2 N–H and O–H groups in total. The maximum Gasteiger partial charge on any atom is 0.228 e. The van der Waals surface area contributed by atoms with E-state index in [1.165, 1.54) is 0 Å². The number of halogens is 2. The number of ether oxygens (including phenoxy) is 1. The highest BCUT2D eigenvalue weighted by Crippen LogP contribution is 2.28. The lowest BCUT2D eigenvalue weighted by atomic mass is 10.1. The van der Waals surface area contributed by atoms with Crippen LogP contribution < -0.4 is 15.4 Å². The van der Waals surface area contributed by atoms with Crippen LogP contribution in [0.15, 0.2) is 18.2 Å². The standard InChI is InChI=1S/C14H21ClN2O4S.ClH/c1-10(9-16-2)14(18)17-12-8-11(15)4-5-13(12)21-6-7-22(3,19)20;/h4-5,8,10,16H,6-7,9H2,1-3H3,(H,17,18);1H. The lowest BCUT2D eigenvalue weighted by Crippen LogP contribution is -2.28. The molecule has 0 radical (unpaired) electrons. The van der Waals surface area contributed by atoms with Gasteiger partial charge in [-0.3, -0.25) is 4.79 Å². The van der Waals surface area contributed by atoms with E-state index in [0.29, 0.717) is 23.0 Å².